The van der Waals surface area contributed by atoms with Crippen LogP contribution in [0.1, 0.15) is 19.8 Å². The van der Waals surface area contributed by atoms with Crippen molar-refractivity contribution in [3.8, 4) is 0 Å². The first-order valence-corrected chi connectivity index (χ1v) is 6.70. The van der Waals surface area contributed by atoms with Gasteiger partial charge >= 0.3 is 0 Å². The highest BCUT2D eigenvalue weighted by Gasteiger charge is 2.22. The minimum Gasteiger partial charge on any atom is -0.378 e. The predicted octanol–water partition coefficient (Wildman–Crippen LogP) is 0.716. The number of anilines is 1. The number of hydrogen-bond donors (Lipinski definition) is 2. The van der Waals surface area contributed by atoms with Crippen LogP contribution < -0.4 is 16.2 Å². The molecule has 0 bridgehead atoms. The SMILES string of the molecule is CCCn1ncc(NC2CNC(=O)C2)c(Br)c1=O. The van der Waals surface area contributed by atoms with E-state index >= 15 is 0 Å². The van der Waals surface area contributed by atoms with Gasteiger partial charge in [0.2, 0.25) is 5.91 Å². The zero-order valence-corrected chi connectivity index (χ0v) is 11.7. The van der Waals surface area contributed by atoms with Crippen LogP contribution in [0.4, 0.5) is 5.69 Å². The molecule has 0 spiro atoms. The fourth-order valence-corrected chi connectivity index (χ4v) is 2.29. The molecule has 18 heavy (non-hydrogen) atoms. The molecule has 1 saturated heterocycles. The van der Waals surface area contributed by atoms with Crippen LogP contribution in [-0.4, -0.2) is 28.3 Å². The Morgan fingerprint density at radius 3 is 3.00 bits per heavy atom. The van der Waals surface area contributed by atoms with Crippen molar-refractivity contribution in [2.45, 2.75) is 32.4 Å². The first-order valence-electron chi connectivity index (χ1n) is 5.90. The lowest BCUT2D eigenvalue weighted by molar-refractivity contribution is -0.119. The van der Waals surface area contributed by atoms with Gasteiger partial charge in [-0.05, 0) is 22.4 Å². The van der Waals surface area contributed by atoms with Crippen molar-refractivity contribution in [3.05, 3.63) is 21.0 Å². The van der Waals surface area contributed by atoms with E-state index in [4.69, 9.17) is 0 Å². The number of rotatable bonds is 4. The van der Waals surface area contributed by atoms with Gasteiger partial charge in [0.05, 0.1) is 17.9 Å². The lowest BCUT2D eigenvalue weighted by Crippen LogP contribution is -2.27. The Bertz CT molecular complexity index is 514. The molecule has 7 heteroatoms. The molecule has 1 fully saturated rings. The van der Waals surface area contributed by atoms with E-state index in [0.29, 0.717) is 29.7 Å². The van der Waals surface area contributed by atoms with Crippen LogP contribution in [0.25, 0.3) is 0 Å². The van der Waals surface area contributed by atoms with Crippen molar-refractivity contribution in [2.24, 2.45) is 0 Å². The van der Waals surface area contributed by atoms with Crippen molar-refractivity contribution in [3.63, 3.8) is 0 Å². The van der Waals surface area contributed by atoms with Crippen LogP contribution in [-0.2, 0) is 11.3 Å². The van der Waals surface area contributed by atoms with Gasteiger partial charge in [-0.3, -0.25) is 9.59 Å². The second-order valence-corrected chi connectivity index (χ2v) is 5.04. The van der Waals surface area contributed by atoms with E-state index < -0.39 is 0 Å². The molecule has 1 aliphatic heterocycles. The van der Waals surface area contributed by atoms with Gasteiger partial charge < -0.3 is 10.6 Å². The minimum absolute atomic E-state index is 0.0111. The molecule has 0 aromatic carbocycles. The summed E-state index contributed by atoms with van der Waals surface area (Å²) in [6.45, 7) is 3.16. The Morgan fingerprint density at radius 1 is 1.61 bits per heavy atom. The Kier molecular flexibility index (Phi) is 4.00. The fraction of sp³-hybridized carbons (Fsp3) is 0.545. The van der Waals surface area contributed by atoms with Crippen molar-refractivity contribution < 1.29 is 4.79 Å². The van der Waals surface area contributed by atoms with E-state index in [1.54, 1.807) is 6.20 Å². The molecule has 2 N–H and O–H groups in total. The van der Waals surface area contributed by atoms with E-state index in [1.807, 2.05) is 6.92 Å². The van der Waals surface area contributed by atoms with Gasteiger partial charge in [0.1, 0.15) is 4.47 Å². The summed E-state index contributed by atoms with van der Waals surface area (Å²) in [5.41, 5.74) is 0.480. The van der Waals surface area contributed by atoms with Gasteiger partial charge in [-0.2, -0.15) is 5.10 Å². The maximum Gasteiger partial charge on any atom is 0.283 e. The molecule has 0 saturated carbocycles. The molecule has 1 aromatic heterocycles. The Hall–Kier alpha value is -1.37. The molecule has 0 aliphatic carbocycles. The van der Waals surface area contributed by atoms with Crippen LogP contribution in [0.5, 0.6) is 0 Å². The first-order chi connectivity index (χ1) is 8.61. The highest BCUT2D eigenvalue weighted by Crippen LogP contribution is 2.18. The zero-order valence-electron chi connectivity index (χ0n) is 10.1. The number of hydrogen-bond acceptors (Lipinski definition) is 4. The molecule has 1 unspecified atom stereocenters. The normalized spacial score (nSPS) is 18.8. The smallest absolute Gasteiger partial charge is 0.283 e. The number of nitrogens with zero attached hydrogens (tertiary/aromatic N) is 2. The number of carbonyl (C=O) groups excluding carboxylic acids is 1. The highest BCUT2D eigenvalue weighted by atomic mass is 79.9. The first kappa shape index (κ1) is 13.1. The standard InChI is InChI=1S/C11H15BrN4O2/c1-2-3-16-11(18)10(12)8(6-14-16)15-7-4-9(17)13-5-7/h6-7,15H,2-5H2,1H3,(H,13,17). The van der Waals surface area contributed by atoms with Crippen molar-refractivity contribution in [2.75, 3.05) is 11.9 Å². The summed E-state index contributed by atoms with van der Waals surface area (Å²) in [5, 5.41) is 9.97. The van der Waals surface area contributed by atoms with Gasteiger partial charge in [0.25, 0.3) is 5.56 Å². The molecule has 1 aromatic rings. The summed E-state index contributed by atoms with van der Waals surface area (Å²) in [7, 11) is 0. The summed E-state index contributed by atoms with van der Waals surface area (Å²) in [5.74, 6) is 0.0240. The van der Waals surface area contributed by atoms with Crippen molar-refractivity contribution >= 4 is 27.5 Å². The van der Waals surface area contributed by atoms with E-state index in [9.17, 15) is 9.59 Å². The predicted molar refractivity (Wildman–Crippen MR) is 71.5 cm³/mol. The van der Waals surface area contributed by atoms with Crippen LogP contribution in [0.2, 0.25) is 0 Å². The van der Waals surface area contributed by atoms with E-state index in [2.05, 4.69) is 31.7 Å². The van der Waals surface area contributed by atoms with Crippen LogP contribution >= 0.6 is 15.9 Å². The van der Waals surface area contributed by atoms with E-state index in [-0.39, 0.29) is 17.5 Å². The third-order valence-corrected chi connectivity index (χ3v) is 3.52. The van der Waals surface area contributed by atoms with Crippen LogP contribution in [0, 0.1) is 0 Å². The quantitative estimate of drug-likeness (QED) is 0.858. The number of aryl methyl sites for hydroxylation is 1. The Balaban J connectivity index is 2.17. The van der Waals surface area contributed by atoms with Gasteiger partial charge in [-0.25, -0.2) is 4.68 Å². The van der Waals surface area contributed by atoms with Gasteiger partial charge in [0.15, 0.2) is 0 Å². The molecule has 0 radical (unpaired) electrons. The molecule has 6 nitrogen and oxygen atoms in total. The number of amides is 1. The Morgan fingerprint density at radius 2 is 2.39 bits per heavy atom. The van der Waals surface area contributed by atoms with Crippen LogP contribution in [0.3, 0.4) is 0 Å². The molecule has 1 atom stereocenters. The molecule has 2 rings (SSSR count). The Labute approximate surface area is 113 Å². The summed E-state index contributed by atoms with van der Waals surface area (Å²) in [6.07, 6.45) is 2.89. The second-order valence-electron chi connectivity index (χ2n) is 4.25. The topological polar surface area (TPSA) is 76.0 Å². The molecular weight excluding hydrogens is 300 g/mol. The number of nitrogens with one attached hydrogen (secondary N) is 2. The lowest BCUT2D eigenvalue weighted by atomic mass is 10.2. The summed E-state index contributed by atoms with van der Waals surface area (Å²) in [4.78, 5) is 23.0. The average Bonchev–Trinajstić information content (AvgIpc) is 2.75. The van der Waals surface area contributed by atoms with Crippen molar-refractivity contribution in [1.29, 1.82) is 0 Å². The molecule has 1 aliphatic rings. The monoisotopic (exact) mass is 314 g/mol. The summed E-state index contributed by atoms with van der Waals surface area (Å²) >= 11 is 3.28. The molecular formula is C11H15BrN4O2. The molecule has 98 valence electrons. The maximum atomic E-state index is 11.9. The summed E-state index contributed by atoms with van der Waals surface area (Å²) in [6, 6.07) is 0.0111. The second kappa shape index (κ2) is 5.51. The zero-order chi connectivity index (χ0) is 13.1. The molecule has 2 heterocycles. The highest BCUT2D eigenvalue weighted by molar-refractivity contribution is 9.10. The third kappa shape index (κ3) is 2.72. The fourth-order valence-electron chi connectivity index (χ4n) is 1.86. The number of halogens is 1. The number of aromatic nitrogens is 2. The van der Waals surface area contributed by atoms with Crippen molar-refractivity contribution in [1.82, 2.24) is 15.1 Å². The van der Waals surface area contributed by atoms with E-state index in [0.717, 1.165) is 6.42 Å². The average molecular weight is 315 g/mol. The van der Waals surface area contributed by atoms with Crippen LogP contribution in [0.15, 0.2) is 15.5 Å². The number of carbonyl (C=O) groups is 1. The minimum atomic E-state index is -0.154. The van der Waals surface area contributed by atoms with Gasteiger partial charge in [-0.1, -0.05) is 6.92 Å². The third-order valence-electron chi connectivity index (χ3n) is 2.76. The van der Waals surface area contributed by atoms with E-state index in [1.165, 1.54) is 4.68 Å². The maximum absolute atomic E-state index is 11.9. The van der Waals surface area contributed by atoms with Gasteiger partial charge in [-0.15, -0.1) is 0 Å². The van der Waals surface area contributed by atoms with Gasteiger partial charge in [0, 0.05) is 19.5 Å². The summed E-state index contributed by atoms with van der Waals surface area (Å²) < 4.78 is 1.89. The molecule has 1 amide bonds. The lowest BCUT2D eigenvalue weighted by Gasteiger charge is -2.13. The largest absolute Gasteiger partial charge is 0.378 e.